The molecule has 0 spiro atoms. The number of likely N-dealkylation sites (N-methyl/N-ethyl adjacent to an activating group) is 1. The summed E-state index contributed by atoms with van der Waals surface area (Å²) in [4.78, 5) is 10.7. The lowest BCUT2D eigenvalue weighted by Crippen LogP contribution is -2.22. The number of pyridine rings is 2. The first-order chi connectivity index (χ1) is 9.70. The van der Waals surface area contributed by atoms with Gasteiger partial charge in [-0.2, -0.15) is 0 Å². The highest BCUT2D eigenvalue weighted by Gasteiger charge is 2.07. The van der Waals surface area contributed by atoms with E-state index >= 15 is 0 Å². The highest BCUT2D eigenvalue weighted by molar-refractivity contribution is 5.41. The van der Waals surface area contributed by atoms with Crippen molar-refractivity contribution >= 4 is 5.82 Å². The summed E-state index contributed by atoms with van der Waals surface area (Å²) >= 11 is 0. The average Bonchev–Trinajstić information content (AvgIpc) is 2.53. The van der Waals surface area contributed by atoms with Crippen LogP contribution in [0.3, 0.4) is 0 Å². The van der Waals surface area contributed by atoms with E-state index in [1.165, 1.54) is 11.1 Å². The molecule has 2 heterocycles. The predicted octanol–water partition coefficient (Wildman–Crippen LogP) is 2.44. The van der Waals surface area contributed by atoms with E-state index < -0.39 is 0 Å². The quantitative estimate of drug-likeness (QED) is 0.875. The number of anilines is 1. The Morgan fingerprint density at radius 3 is 2.65 bits per heavy atom. The highest BCUT2D eigenvalue weighted by atomic mass is 15.2. The molecule has 4 nitrogen and oxygen atoms in total. The van der Waals surface area contributed by atoms with E-state index in [1.54, 1.807) is 0 Å². The largest absolute Gasteiger partial charge is 0.359 e. The van der Waals surface area contributed by atoms with Gasteiger partial charge < -0.3 is 10.2 Å². The summed E-state index contributed by atoms with van der Waals surface area (Å²) in [6, 6.07) is 8.65. The molecule has 0 fully saturated rings. The smallest absolute Gasteiger partial charge is 0.128 e. The lowest BCUT2D eigenvalue weighted by molar-refractivity contribution is 0.651. The molecule has 2 aromatic rings. The third kappa shape index (κ3) is 3.78. The van der Waals surface area contributed by atoms with Gasteiger partial charge in [0.25, 0.3) is 0 Å². The molecule has 2 rings (SSSR count). The van der Waals surface area contributed by atoms with Gasteiger partial charge in [0.2, 0.25) is 0 Å². The van der Waals surface area contributed by atoms with Gasteiger partial charge in [-0.3, -0.25) is 4.98 Å². The van der Waals surface area contributed by atoms with E-state index in [4.69, 9.17) is 0 Å². The maximum Gasteiger partial charge on any atom is 0.128 e. The number of nitrogens with one attached hydrogen (secondary N) is 1. The van der Waals surface area contributed by atoms with Gasteiger partial charge in [0.05, 0.1) is 0 Å². The van der Waals surface area contributed by atoms with Gasteiger partial charge in [-0.05, 0) is 55.8 Å². The molecule has 0 bridgehead atoms. The first-order valence-electron chi connectivity index (χ1n) is 6.94. The van der Waals surface area contributed by atoms with E-state index in [2.05, 4.69) is 58.4 Å². The molecule has 0 amide bonds. The lowest BCUT2D eigenvalue weighted by Gasteiger charge is -2.20. The normalized spacial score (nSPS) is 12.2. The van der Waals surface area contributed by atoms with Crippen molar-refractivity contribution in [1.29, 1.82) is 0 Å². The molecule has 0 radical (unpaired) electrons. The molecule has 1 unspecified atom stereocenters. The SMILES string of the molecule is CNC(C)c1ccnc(N(C)CCc2ccncc2)c1. The second-order valence-electron chi connectivity index (χ2n) is 4.98. The fraction of sp³-hybridized carbons (Fsp3) is 0.375. The Morgan fingerprint density at radius 2 is 1.95 bits per heavy atom. The van der Waals surface area contributed by atoms with E-state index in [-0.39, 0.29) is 0 Å². The molecule has 4 heteroatoms. The third-order valence-electron chi connectivity index (χ3n) is 3.58. The van der Waals surface area contributed by atoms with Crippen LogP contribution in [0.2, 0.25) is 0 Å². The average molecular weight is 270 g/mol. The van der Waals surface area contributed by atoms with E-state index in [0.717, 1.165) is 18.8 Å². The number of rotatable bonds is 6. The Balaban J connectivity index is 2.00. The highest BCUT2D eigenvalue weighted by Crippen LogP contribution is 2.17. The molecule has 20 heavy (non-hydrogen) atoms. The summed E-state index contributed by atoms with van der Waals surface area (Å²) in [5.41, 5.74) is 2.56. The van der Waals surface area contributed by atoms with Crippen LogP contribution in [0.4, 0.5) is 5.82 Å². The van der Waals surface area contributed by atoms with Crippen molar-refractivity contribution in [1.82, 2.24) is 15.3 Å². The number of nitrogens with zero attached hydrogens (tertiary/aromatic N) is 3. The maximum atomic E-state index is 4.45. The van der Waals surface area contributed by atoms with Crippen molar-refractivity contribution < 1.29 is 0 Å². The van der Waals surface area contributed by atoms with E-state index in [1.807, 2.05) is 25.6 Å². The maximum absolute atomic E-state index is 4.45. The van der Waals surface area contributed by atoms with Crippen LogP contribution in [0.5, 0.6) is 0 Å². The Hall–Kier alpha value is -1.94. The fourth-order valence-electron chi connectivity index (χ4n) is 2.04. The molecule has 106 valence electrons. The minimum atomic E-state index is 0.338. The monoisotopic (exact) mass is 270 g/mol. The molecule has 1 atom stereocenters. The first kappa shape index (κ1) is 14.5. The van der Waals surface area contributed by atoms with Gasteiger partial charge in [-0.1, -0.05) is 0 Å². The molecule has 0 aliphatic rings. The standard InChI is InChI=1S/C16H22N4/c1-13(17-2)15-6-10-19-16(12-15)20(3)11-7-14-4-8-18-9-5-14/h4-6,8-10,12-13,17H,7,11H2,1-3H3. The van der Waals surface area contributed by atoms with Gasteiger partial charge >= 0.3 is 0 Å². The second-order valence-corrected chi connectivity index (χ2v) is 4.98. The van der Waals surface area contributed by atoms with Crippen LogP contribution in [0.1, 0.15) is 24.1 Å². The lowest BCUT2D eigenvalue weighted by atomic mass is 10.1. The molecule has 0 aliphatic heterocycles. The Morgan fingerprint density at radius 1 is 1.20 bits per heavy atom. The fourth-order valence-corrected chi connectivity index (χ4v) is 2.04. The van der Waals surface area contributed by atoms with Crippen molar-refractivity contribution in [2.45, 2.75) is 19.4 Å². The molecule has 0 saturated heterocycles. The summed E-state index contributed by atoms with van der Waals surface area (Å²) in [7, 11) is 4.05. The van der Waals surface area contributed by atoms with Crippen molar-refractivity contribution in [3.63, 3.8) is 0 Å². The zero-order chi connectivity index (χ0) is 14.4. The number of aromatic nitrogens is 2. The van der Waals surface area contributed by atoms with Gasteiger partial charge in [-0.15, -0.1) is 0 Å². The van der Waals surface area contributed by atoms with Crippen molar-refractivity contribution in [3.05, 3.63) is 54.0 Å². The van der Waals surface area contributed by atoms with Crippen molar-refractivity contribution in [3.8, 4) is 0 Å². The summed E-state index contributed by atoms with van der Waals surface area (Å²) in [6.07, 6.45) is 6.54. The third-order valence-corrected chi connectivity index (χ3v) is 3.58. The second kappa shape index (κ2) is 7.01. The van der Waals surface area contributed by atoms with Crippen LogP contribution in [-0.2, 0) is 6.42 Å². The minimum Gasteiger partial charge on any atom is -0.359 e. The molecule has 0 saturated carbocycles. The molecule has 2 aromatic heterocycles. The number of hydrogen-bond donors (Lipinski definition) is 1. The Bertz CT molecular complexity index is 527. The van der Waals surface area contributed by atoms with Crippen molar-refractivity contribution in [2.75, 3.05) is 25.5 Å². The zero-order valence-corrected chi connectivity index (χ0v) is 12.4. The predicted molar refractivity (Wildman–Crippen MR) is 82.9 cm³/mol. The topological polar surface area (TPSA) is 41.1 Å². The van der Waals surface area contributed by atoms with Crippen LogP contribution in [0.15, 0.2) is 42.9 Å². The summed E-state index contributed by atoms with van der Waals surface area (Å²) < 4.78 is 0. The van der Waals surface area contributed by atoms with Crippen LogP contribution in [0, 0.1) is 0 Å². The molecule has 1 N–H and O–H groups in total. The van der Waals surface area contributed by atoms with Crippen LogP contribution >= 0.6 is 0 Å². The van der Waals surface area contributed by atoms with E-state index in [0.29, 0.717) is 6.04 Å². The van der Waals surface area contributed by atoms with Gasteiger partial charge in [-0.25, -0.2) is 4.98 Å². The number of hydrogen-bond acceptors (Lipinski definition) is 4. The van der Waals surface area contributed by atoms with Crippen molar-refractivity contribution in [2.24, 2.45) is 0 Å². The first-order valence-corrected chi connectivity index (χ1v) is 6.94. The summed E-state index contributed by atoms with van der Waals surface area (Å²) in [6.45, 7) is 3.09. The summed E-state index contributed by atoms with van der Waals surface area (Å²) in [5, 5.41) is 3.25. The Labute approximate surface area is 120 Å². The van der Waals surface area contributed by atoms with Crippen LogP contribution in [-0.4, -0.2) is 30.6 Å². The Kier molecular flexibility index (Phi) is 5.07. The van der Waals surface area contributed by atoms with Crippen LogP contribution < -0.4 is 10.2 Å². The van der Waals surface area contributed by atoms with E-state index in [9.17, 15) is 0 Å². The van der Waals surface area contributed by atoms with Gasteiger partial charge in [0, 0.05) is 38.2 Å². The minimum absolute atomic E-state index is 0.338. The zero-order valence-electron chi connectivity index (χ0n) is 12.4. The molecule has 0 aromatic carbocycles. The molecular weight excluding hydrogens is 248 g/mol. The van der Waals surface area contributed by atoms with Gasteiger partial charge in [0.15, 0.2) is 0 Å². The van der Waals surface area contributed by atoms with Gasteiger partial charge in [0.1, 0.15) is 5.82 Å². The molecular formula is C16H22N4. The van der Waals surface area contributed by atoms with Crippen LogP contribution in [0.25, 0.3) is 0 Å². The summed E-state index contributed by atoms with van der Waals surface area (Å²) in [5.74, 6) is 1.01. The molecule has 0 aliphatic carbocycles.